The van der Waals surface area contributed by atoms with E-state index >= 15 is 0 Å². The highest BCUT2D eigenvalue weighted by Gasteiger charge is 2.22. The molecule has 6 nitrogen and oxygen atoms in total. The van der Waals surface area contributed by atoms with E-state index in [0.717, 1.165) is 22.0 Å². The van der Waals surface area contributed by atoms with E-state index in [1.54, 1.807) is 41.7 Å². The average Bonchev–Trinajstić information content (AvgIpc) is 3.23. The quantitative estimate of drug-likeness (QED) is 0.799. The minimum absolute atomic E-state index is 0.0890. The molecule has 23 heavy (non-hydrogen) atoms. The van der Waals surface area contributed by atoms with Gasteiger partial charge in [-0.2, -0.15) is 5.10 Å². The van der Waals surface area contributed by atoms with Crippen molar-refractivity contribution in [3.8, 4) is 11.3 Å². The standard InChI is InChI=1S/C16H17N5OS/c1-10-9-23-15(18-10)11(2)21(3)16(22)14-8-13(19-20-14)12-4-6-17-7-5-12/h4-9,11H,1-3H3,(H,19,20). The van der Waals surface area contributed by atoms with Gasteiger partial charge in [-0.3, -0.25) is 14.9 Å². The summed E-state index contributed by atoms with van der Waals surface area (Å²) in [5.74, 6) is -0.113. The first-order valence-electron chi connectivity index (χ1n) is 7.21. The molecule has 3 heterocycles. The van der Waals surface area contributed by atoms with Gasteiger partial charge in [0.2, 0.25) is 0 Å². The van der Waals surface area contributed by atoms with E-state index in [1.807, 2.05) is 31.4 Å². The number of hydrogen-bond donors (Lipinski definition) is 1. The molecule has 3 rings (SSSR count). The summed E-state index contributed by atoms with van der Waals surface area (Å²) in [6, 6.07) is 5.38. The van der Waals surface area contributed by atoms with Gasteiger partial charge in [0.05, 0.1) is 11.7 Å². The lowest BCUT2D eigenvalue weighted by Crippen LogP contribution is -2.29. The van der Waals surface area contributed by atoms with Crippen molar-refractivity contribution in [1.29, 1.82) is 0 Å². The molecular formula is C16H17N5OS. The zero-order valence-electron chi connectivity index (χ0n) is 13.1. The van der Waals surface area contributed by atoms with Crippen LogP contribution in [0.3, 0.4) is 0 Å². The van der Waals surface area contributed by atoms with Crippen LogP contribution in [-0.4, -0.2) is 38.0 Å². The predicted octanol–water partition coefficient (Wildman–Crippen LogP) is 3.07. The van der Waals surface area contributed by atoms with Crippen LogP contribution in [0.2, 0.25) is 0 Å². The number of amides is 1. The number of aromatic nitrogens is 4. The smallest absolute Gasteiger partial charge is 0.272 e. The second-order valence-corrected chi connectivity index (χ2v) is 6.21. The normalized spacial score (nSPS) is 12.1. The van der Waals surface area contributed by atoms with E-state index in [1.165, 1.54) is 0 Å². The van der Waals surface area contributed by atoms with Crippen LogP contribution in [-0.2, 0) is 0 Å². The van der Waals surface area contributed by atoms with Crippen molar-refractivity contribution < 1.29 is 4.79 Å². The number of nitrogens with one attached hydrogen (secondary N) is 1. The molecule has 3 aromatic rings. The number of thiazole rings is 1. The van der Waals surface area contributed by atoms with Gasteiger partial charge >= 0.3 is 0 Å². The fraction of sp³-hybridized carbons (Fsp3) is 0.250. The van der Waals surface area contributed by atoms with Crippen LogP contribution >= 0.6 is 11.3 Å². The fourth-order valence-corrected chi connectivity index (χ4v) is 3.09. The minimum Gasteiger partial charge on any atom is -0.331 e. The highest BCUT2D eigenvalue weighted by atomic mass is 32.1. The van der Waals surface area contributed by atoms with Gasteiger partial charge in [-0.25, -0.2) is 4.98 Å². The first kappa shape index (κ1) is 15.4. The minimum atomic E-state index is -0.113. The summed E-state index contributed by atoms with van der Waals surface area (Å²) >= 11 is 1.56. The van der Waals surface area contributed by atoms with E-state index < -0.39 is 0 Å². The molecule has 0 aliphatic heterocycles. The summed E-state index contributed by atoms with van der Waals surface area (Å²) < 4.78 is 0. The van der Waals surface area contributed by atoms with Crippen molar-refractivity contribution in [1.82, 2.24) is 25.1 Å². The van der Waals surface area contributed by atoms with Crippen molar-refractivity contribution in [3.63, 3.8) is 0 Å². The number of nitrogens with zero attached hydrogens (tertiary/aromatic N) is 4. The summed E-state index contributed by atoms with van der Waals surface area (Å²) in [6.45, 7) is 3.92. The second kappa shape index (κ2) is 6.29. The van der Waals surface area contributed by atoms with Crippen molar-refractivity contribution >= 4 is 17.2 Å². The lowest BCUT2D eigenvalue weighted by Gasteiger charge is -2.22. The topological polar surface area (TPSA) is 74.8 Å². The number of aromatic amines is 1. The SMILES string of the molecule is Cc1csc(C(C)N(C)C(=O)c2cc(-c3ccncc3)n[nH]2)n1. The van der Waals surface area contributed by atoms with Crippen molar-refractivity contribution in [2.45, 2.75) is 19.9 Å². The molecule has 1 N–H and O–H groups in total. The Labute approximate surface area is 138 Å². The molecule has 1 unspecified atom stereocenters. The number of H-pyrrole nitrogens is 1. The van der Waals surface area contributed by atoms with Crippen LogP contribution in [0, 0.1) is 6.92 Å². The van der Waals surface area contributed by atoms with Gasteiger partial charge < -0.3 is 4.90 Å². The molecule has 7 heteroatoms. The van der Waals surface area contributed by atoms with E-state index in [-0.39, 0.29) is 11.9 Å². The van der Waals surface area contributed by atoms with Gasteiger partial charge in [0.15, 0.2) is 0 Å². The van der Waals surface area contributed by atoms with Crippen LogP contribution < -0.4 is 0 Å². The van der Waals surface area contributed by atoms with E-state index in [0.29, 0.717) is 5.69 Å². The summed E-state index contributed by atoms with van der Waals surface area (Å²) in [7, 11) is 1.77. The zero-order valence-corrected chi connectivity index (χ0v) is 14.0. The van der Waals surface area contributed by atoms with Gasteiger partial charge in [0.1, 0.15) is 10.7 Å². The Bertz CT molecular complexity index is 811. The number of aryl methyl sites for hydroxylation is 1. The summed E-state index contributed by atoms with van der Waals surface area (Å²) in [5, 5.41) is 9.94. The molecule has 0 aromatic carbocycles. The molecular weight excluding hydrogens is 310 g/mol. The number of carbonyl (C=O) groups is 1. The summed E-state index contributed by atoms with van der Waals surface area (Å²) in [5.41, 5.74) is 3.07. The first-order valence-corrected chi connectivity index (χ1v) is 8.09. The Morgan fingerprint density at radius 2 is 2.09 bits per heavy atom. The molecule has 0 aliphatic carbocycles. The van der Waals surface area contributed by atoms with Crippen molar-refractivity contribution in [2.24, 2.45) is 0 Å². The Morgan fingerprint density at radius 1 is 1.35 bits per heavy atom. The van der Waals surface area contributed by atoms with Gasteiger partial charge in [-0.15, -0.1) is 11.3 Å². The fourth-order valence-electron chi connectivity index (χ4n) is 2.20. The maximum Gasteiger partial charge on any atom is 0.272 e. The Kier molecular flexibility index (Phi) is 4.20. The first-order chi connectivity index (χ1) is 11.1. The van der Waals surface area contributed by atoms with Crippen LogP contribution in [0.25, 0.3) is 11.3 Å². The highest BCUT2D eigenvalue weighted by Crippen LogP contribution is 2.24. The molecule has 0 saturated heterocycles. The number of carbonyl (C=O) groups excluding carboxylic acids is 1. The van der Waals surface area contributed by atoms with Crippen molar-refractivity contribution in [3.05, 3.63) is 52.4 Å². The molecule has 0 fully saturated rings. The lowest BCUT2D eigenvalue weighted by molar-refractivity contribution is 0.0736. The van der Waals surface area contributed by atoms with E-state index in [2.05, 4.69) is 20.2 Å². The summed E-state index contributed by atoms with van der Waals surface area (Å²) in [6.07, 6.45) is 3.40. The molecule has 0 radical (unpaired) electrons. The van der Waals surface area contributed by atoms with E-state index in [9.17, 15) is 4.79 Å². The number of rotatable bonds is 4. The van der Waals surface area contributed by atoms with Crippen molar-refractivity contribution in [2.75, 3.05) is 7.05 Å². The monoisotopic (exact) mass is 327 g/mol. The largest absolute Gasteiger partial charge is 0.331 e. The Balaban J connectivity index is 1.79. The third kappa shape index (κ3) is 3.14. The Hall–Kier alpha value is -2.54. The zero-order chi connectivity index (χ0) is 16.4. The molecule has 0 aliphatic rings. The molecule has 1 amide bonds. The van der Waals surface area contributed by atoms with Gasteiger partial charge in [-0.05, 0) is 32.0 Å². The Morgan fingerprint density at radius 3 is 2.74 bits per heavy atom. The lowest BCUT2D eigenvalue weighted by atomic mass is 10.2. The third-order valence-corrected chi connectivity index (χ3v) is 4.81. The predicted molar refractivity (Wildman–Crippen MR) is 89.2 cm³/mol. The number of hydrogen-bond acceptors (Lipinski definition) is 5. The van der Waals surface area contributed by atoms with Crippen LogP contribution in [0.1, 0.15) is 34.2 Å². The van der Waals surface area contributed by atoms with E-state index in [4.69, 9.17) is 0 Å². The third-order valence-electron chi connectivity index (χ3n) is 3.68. The number of pyridine rings is 1. The van der Waals surface area contributed by atoms with Crippen LogP contribution in [0.5, 0.6) is 0 Å². The van der Waals surface area contributed by atoms with Crippen LogP contribution in [0.4, 0.5) is 0 Å². The molecule has 0 saturated carbocycles. The second-order valence-electron chi connectivity index (χ2n) is 5.32. The van der Waals surface area contributed by atoms with Gasteiger partial charge in [-0.1, -0.05) is 0 Å². The molecule has 118 valence electrons. The molecule has 3 aromatic heterocycles. The highest BCUT2D eigenvalue weighted by molar-refractivity contribution is 7.09. The van der Waals surface area contributed by atoms with Gasteiger partial charge in [0.25, 0.3) is 5.91 Å². The average molecular weight is 327 g/mol. The molecule has 0 spiro atoms. The van der Waals surface area contributed by atoms with Gasteiger partial charge in [0, 0.05) is 36.1 Å². The molecule has 1 atom stereocenters. The summed E-state index contributed by atoms with van der Waals surface area (Å²) in [4.78, 5) is 22.7. The molecule has 0 bridgehead atoms. The maximum atomic E-state index is 12.6. The maximum absolute atomic E-state index is 12.6. The van der Waals surface area contributed by atoms with Crippen LogP contribution in [0.15, 0.2) is 36.0 Å².